The molecule has 0 aliphatic carbocycles. The van der Waals surface area contributed by atoms with Gasteiger partial charge in [0.1, 0.15) is 5.84 Å². The van der Waals surface area contributed by atoms with Crippen molar-refractivity contribution in [1.82, 2.24) is 0 Å². The Morgan fingerprint density at radius 2 is 1.82 bits per heavy atom. The van der Waals surface area contributed by atoms with Crippen LogP contribution in [0.1, 0.15) is 5.56 Å². The first-order valence-corrected chi connectivity index (χ1v) is 9.79. The van der Waals surface area contributed by atoms with E-state index in [2.05, 4.69) is 4.99 Å². The molecule has 22 heavy (non-hydrogen) atoms. The van der Waals surface area contributed by atoms with Gasteiger partial charge in [-0.1, -0.05) is 17.7 Å². The standard InChI is InChI=1S/C15H15ClN2O2S2/c1-21-14-8-3-10(9-13(14)16)15(17)18-11-4-6-12(7-5-11)22(2,19)20/h3-9H,1-2H3,(H2,17,18). The molecule has 0 radical (unpaired) electrons. The molecule has 2 aromatic carbocycles. The summed E-state index contributed by atoms with van der Waals surface area (Å²) in [5.74, 6) is 0.321. The van der Waals surface area contributed by atoms with Gasteiger partial charge in [-0.15, -0.1) is 11.8 Å². The molecule has 2 rings (SSSR count). The van der Waals surface area contributed by atoms with E-state index < -0.39 is 9.84 Å². The third-order valence-electron chi connectivity index (χ3n) is 2.96. The number of sulfone groups is 1. The average molecular weight is 355 g/mol. The highest BCUT2D eigenvalue weighted by atomic mass is 35.5. The second-order valence-electron chi connectivity index (χ2n) is 4.61. The third-order valence-corrected chi connectivity index (χ3v) is 5.31. The van der Waals surface area contributed by atoms with Gasteiger partial charge in [-0.2, -0.15) is 0 Å². The molecule has 0 unspecified atom stereocenters. The number of benzene rings is 2. The van der Waals surface area contributed by atoms with Gasteiger partial charge in [0.05, 0.1) is 15.6 Å². The van der Waals surface area contributed by atoms with Gasteiger partial charge in [0.2, 0.25) is 0 Å². The van der Waals surface area contributed by atoms with Gasteiger partial charge < -0.3 is 5.73 Å². The Kier molecular flexibility index (Phi) is 5.16. The van der Waals surface area contributed by atoms with Crippen molar-refractivity contribution in [3.05, 3.63) is 53.1 Å². The summed E-state index contributed by atoms with van der Waals surface area (Å²) in [7, 11) is -3.21. The maximum atomic E-state index is 11.4. The highest BCUT2D eigenvalue weighted by Gasteiger charge is 2.07. The van der Waals surface area contributed by atoms with E-state index in [1.54, 1.807) is 30.0 Å². The second-order valence-corrected chi connectivity index (χ2v) is 7.88. The second kappa shape index (κ2) is 6.73. The molecule has 0 bridgehead atoms. The van der Waals surface area contributed by atoms with Crippen molar-refractivity contribution in [3.8, 4) is 0 Å². The molecule has 0 atom stereocenters. The van der Waals surface area contributed by atoms with Gasteiger partial charge in [-0.05, 0) is 42.7 Å². The van der Waals surface area contributed by atoms with Gasteiger partial charge in [-0.25, -0.2) is 13.4 Å². The van der Waals surface area contributed by atoms with Gasteiger partial charge in [0.25, 0.3) is 0 Å². The van der Waals surface area contributed by atoms with Gasteiger partial charge in [0.15, 0.2) is 9.84 Å². The normalized spacial score (nSPS) is 12.4. The van der Waals surface area contributed by atoms with Crippen molar-refractivity contribution >= 4 is 44.7 Å². The maximum Gasteiger partial charge on any atom is 0.175 e. The molecule has 0 aliphatic heterocycles. The highest BCUT2D eigenvalue weighted by Crippen LogP contribution is 2.26. The number of nitrogens with zero attached hydrogens (tertiary/aromatic N) is 1. The molecule has 0 spiro atoms. The Morgan fingerprint density at radius 3 is 2.32 bits per heavy atom. The first kappa shape index (κ1) is 16.9. The zero-order valence-corrected chi connectivity index (χ0v) is 14.5. The third kappa shape index (κ3) is 4.03. The lowest BCUT2D eigenvalue weighted by atomic mass is 10.2. The van der Waals surface area contributed by atoms with Crippen LogP contribution in [0.4, 0.5) is 5.69 Å². The van der Waals surface area contributed by atoms with Crippen molar-refractivity contribution in [2.75, 3.05) is 12.5 Å². The number of amidine groups is 1. The molecule has 0 saturated carbocycles. The number of aliphatic imine (C=N–C) groups is 1. The first-order valence-electron chi connectivity index (χ1n) is 6.29. The Balaban J connectivity index is 2.30. The lowest BCUT2D eigenvalue weighted by molar-refractivity contribution is 0.602. The molecule has 0 saturated heterocycles. The summed E-state index contributed by atoms with van der Waals surface area (Å²) in [6.45, 7) is 0. The quantitative estimate of drug-likeness (QED) is 0.518. The van der Waals surface area contributed by atoms with Crippen molar-refractivity contribution in [3.63, 3.8) is 0 Å². The minimum absolute atomic E-state index is 0.248. The van der Waals surface area contributed by atoms with Crippen LogP contribution in [0.5, 0.6) is 0 Å². The zero-order chi connectivity index (χ0) is 16.3. The van der Waals surface area contributed by atoms with Crippen molar-refractivity contribution < 1.29 is 8.42 Å². The van der Waals surface area contributed by atoms with Gasteiger partial charge in [0, 0.05) is 16.7 Å². The predicted octanol–water partition coefficient (Wildman–Crippen LogP) is 3.50. The zero-order valence-electron chi connectivity index (χ0n) is 12.1. The number of halogens is 1. The van der Waals surface area contributed by atoms with Gasteiger partial charge >= 0.3 is 0 Å². The molecule has 116 valence electrons. The largest absolute Gasteiger partial charge is 0.383 e. The van der Waals surface area contributed by atoms with E-state index in [1.807, 2.05) is 18.4 Å². The Morgan fingerprint density at radius 1 is 1.18 bits per heavy atom. The minimum Gasteiger partial charge on any atom is -0.383 e. The molecule has 0 heterocycles. The summed E-state index contributed by atoms with van der Waals surface area (Å²) in [6.07, 6.45) is 3.11. The summed E-state index contributed by atoms with van der Waals surface area (Å²) in [6, 6.07) is 11.7. The predicted molar refractivity (Wildman–Crippen MR) is 93.2 cm³/mol. The minimum atomic E-state index is -3.21. The maximum absolute atomic E-state index is 11.4. The average Bonchev–Trinajstić information content (AvgIpc) is 2.46. The molecular weight excluding hydrogens is 340 g/mol. The Labute approximate surface area is 139 Å². The molecule has 2 aromatic rings. The molecular formula is C15H15ClN2O2S2. The molecule has 2 N–H and O–H groups in total. The lowest BCUT2D eigenvalue weighted by Gasteiger charge is -2.05. The van der Waals surface area contributed by atoms with E-state index in [4.69, 9.17) is 17.3 Å². The smallest absolute Gasteiger partial charge is 0.175 e. The first-order chi connectivity index (χ1) is 10.3. The molecule has 0 amide bonds. The van der Waals surface area contributed by atoms with Crippen LogP contribution < -0.4 is 5.73 Å². The van der Waals surface area contributed by atoms with Crippen LogP contribution in [0.15, 0.2) is 57.2 Å². The van der Waals surface area contributed by atoms with Crippen LogP contribution in [0, 0.1) is 0 Å². The number of hydrogen-bond donors (Lipinski definition) is 1. The molecule has 0 fully saturated rings. The molecule has 4 nitrogen and oxygen atoms in total. The number of rotatable bonds is 4. The monoisotopic (exact) mass is 354 g/mol. The van der Waals surface area contributed by atoms with E-state index in [0.29, 0.717) is 16.5 Å². The fraction of sp³-hybridized carbons (Fsp3) is 0.133. The van der Waals surface area contributed by atoms with Crippen LogP contribution >= 0.6 is 23.4 Å². The summed E-state index contributed by atoms with van der Waals surface area (Å²) in [5.41, 5.74) is 7.27. The van der Waals surface area contributed by atoms with E-state index in [9.17, 15) is 8.42 Å². The van der Waals surface area contributed by atoms with Crippen LogP contribution in [-0.4, -0.2) is 26.8 Å². The highest BCUT2D eigenvalue weighted by molar-refractivity contribution is 7.98. The Hall–Kier alpha value is -1.50. The fourth-order valence-electron chi connectivity index (χ4n) is 1.80. The summed E-state index contributed by atoms with van der Waals surface area (Å²) in [5, 5.41) is 0.621. The lowest BCUT2D eigenvalue weighted by Crippen LogP contribution is -2.12. The van der Waals surface area contributed by atoms with Crippen molar-refractivity contribution in [1.29, 1.82) is 0 Å². The number of nitrogens with two attached hydrogens (primary N) is 1. The van der Waals surface area contributed by atoms with Crippen LogP contribution in [0.2, 0.25) is 5.02 Å². The molecule has 0 aromatic heterocycles. The van der Waals surface area contributed by atoms with E-state index in [-0.39, 0.29) is 4.90 Å². The molecule has 7 heteroatoms. The van der Waals surface area contributed by atoms with Crippen molar-refractivity contribution in [2.24, 2.45) is 10.7 Å². The van der Waals surface area contributed by atoms with E-state index in [1.165, 1.54) is 12.1 Å². The van der Waals surface area contributed by atoms with E-state index >= 15 is 0 Å². The Bertz CT molecular complexity index is 816. The summed E-state index contributed by atoms with van der Waals surface area (Å²) < 4.78 is 22.8. The van der Waals surface area contributed by atoms with Crippen LogP contribution in [0.3, 0.4) is 0 Å². The number of hydrogen-bond acceptors (Lipinski definition) is 4. The van der Waals surface area contributed by atoms with Gasteiger partial charge in [-0.3, -0.25) is 0 Å². The number of thioether (sulfide) groups is 1. The summed E-state index contributed by atoms with van der Waals surface area (Å²) >= 11 is 7.70. The fourth-order valence-corrected chi connectivity index (χ4v) is 3.30. The topological polar surface area (TPSA) is 72.5 Å². The summed E-state index contributed by atoms with van der Waals surface area (Å²) in [4.78, 5) is 5.50. The van der Waals surface area contributed by atoms with Crippen LogP contribution in [0.25, 0.3) is 0 Å². The SMILES string of the molecule is CSc1ccc(C(N)=Nc2ccc(S(C)(=O)=O)cc2)cc1Cl. The van der Waals surface area contributed by atoms with E-state index in [0.717, 1.165) is 16.7 Å². The van der Waals surface area contributed by atoms with Crippen molar-refractivity contribution in [2.45, 2.75) is 9.79 Å². The van der Waals surface area contributed by atoms with Crippen LogP contribution in [-0.2, 0) is 9.84 Å². The molecule has 0 aliphatic rings.